The second kappa shape index (κ2) is 13.1. The lowest BCUT2D eigenvalue weighted by molar-refractivity contribution is -0.122. The summed E-state index contributed by atoms with van der Waals surface area (Å²) in [6.45, 7) is 7.29. The number of anilines is 1. The van der Waals surface area contributed by atoms with E-state index in [0.29, 0.717) is 5.69 Å². The number of hydrogen-bond acceptors (Lipinski definition) is 6. The summed E-state index contributed by atoms with van der Waals surface area (Å²) in [5, 5.41) is 6.53. The Kier molecular flexibility index (Phi) is 9.52. The largest absolute Gasteiger partial charge is 0.444 e. The number of amides is 2. The Hall–Kier alpha value is -4.08. The van der Waals surface area contributed by atoms with Crippen LogP contribution in [0.15, 0.2) is 99.5 Å². The van der Waals surface area contributed by atoms with E-state index in [2.05, 4.69) is 10.6 Å². The highest BCUT2D eigenvalue weighted by Crippen LogP contribution is 2.33. The second-order valence-corrected chi connectivity index (χ2v) is 11.8. The molecule has 1 heterocycles. The Morgan fingerprint density at radius 2 is 1.61 bits per heavy atom. The Morgan fingerprint density at radius 3 is 2.29 bits per heavy atom. The fourth-order valence-electron chi connectivity index (χ4n) is 4.15. The number of fused-ring (bicyclic) bond motifs is 1. The van der Waals surface area contributed by atoms with Gasteiger partial charge in [0.1, 0.15) is 11.6 Å². The highest BCUT2D eigenvalue weighted by atomic mass is 32.2. The number of pyridine rings is 1. The van der Waals surface area contributed by atoms with E-state index in [1.54, 1.807) is 57.5 Å². The van der Waals surface area contributed by atoms with Gasteiger partial charge in [-0.3, -0.25) is 9.59 Å². The Bertz CT molecular complexity index is 1560. The zero-order valence-electron chi connectivity index (χ0n) is 23.8. The highest BCUT2D eigenvalue weighted by Gasteiger charge is 2.30. The fraction of sp³-hybridized carbons (Fsp3) is 0.281. The van der Waals surface area contributed by atoms with Crippen LogP contribution in [0.25, 0.3) is 10.9 Å². The maximum Gasteiger partial charge on any atom is 0.408 e. The maximum absolute atomic E-state index is 13.4. The molecule has 2 atom stereocenters. The Labute approximate surface area is 244 Å². The summed E-state index contributed by atoms with van der Waals surface area (Å²) < 4.78 is 13.0. The number of nitrogens with one attached hydrogen (secondary N) is 2. The average Bonchev–Trinajstić information content (AvgIpc) is 2.94. The lowest BCUT2D eigenvalue weighted by atomic mass is 10.1. The number of nitrogens with zero attached hydrogens (tertiary/aromatic N) is 1. The first-order valence-corrected chi connectivity index (χ1v) is 14.1. The standard InChI is InChI=1S/C32H35N3O5S/c1-21(39-20-22-11-7-6-8-12-22)29(34-31(38)40-32(2,3)4)30(37)33-23-15-17-24(18-16-23)41-27-19-28(36)35(5)26-14-10-9-13-25(26)27/h6-19,21,29H,20H2,1-5H3,(H,33,37)(H,34,38)/t21-,29+/m0/s1. The average molecular weight is 574 g/mol. The minimum atomic E-state index is -1.01. The molecular formula is C32H35N3O5S. The van der Waals surface area contributed by atoms with E-state index in [9.17, 15) is 14.4 Å². The molecule has 0 fully saturated rings. The van der Waals surface area contributed by atoms with Gasteiger partial charge in [0, 0.05) is 34.0 Å². The summed E-state index contributed by atoms with van der Waals surface area (Å²) >= 11 is 1.48. The summed E-state index contributed by atoms with van der Waals surface area (Å²) in [4.78, 5) is 40.2. The third kappa shape index (κ3) is 8.22. The number of benzene rings is 3. The highest BCUT2D eigenvalue weighted by molar-refractivity contribution is 7.99. The number of carbonyl (C=O) groups is 2. The number of rotatable bonds is 9. The maximum atomic E-state index is 13.4. The van der Waals surface area contributed by atoms with Crippen molar-refractivity contribution in [2.75, 3.05) is 5.32 Å². The number of alkyl carbamates (subject to hydrolysis) is 1. The molecule has 1 aromatic heterocycles. The van der Waals surface area contributed by atoms with Crippen molar-refractivity contribution < 1.29 is 19.1 Å². The number of aromatic nitrogens is 1. The molecule has 0 radical (unpaired) electrons. The van der Waals surface area contributed by atoms with Gasteiger partial charge >= 0.3 is 6.09 Å². The predicted octanol–water partition coefficient (Wildman–Crippen LogP) is 6.13. The lowest BCUT2D eigenvalue weighted by Crippen LogP contribution is -2.52. The van der Waals surface area contributed by atoms with E-state index in [1.165, 1.54) is 11.8 Å². The van der Waals surface area contributed by atoms with Crippen LogP contribution in [0.4, 0.5) is 10.5 Å². The molecule has 41 heavy (non-hydrogen) atoms. The van der Waals surface area contributed by atoms with E-state index in [-0.39, 0.29) is 12.2 Å². The molecule has 4 aromatic rings. The van der Waals surface area contributed by atoms with E-state index < -0.39 is 29.7 Å². The summed E-state index contributed by atoms with van der Waals surface area (Å²) in [6.07, 6.45) is -1.35. The molecule has 214 valence electrons. The van der Waals surface area contributed by atoms with Crippen LogP contribution >= 0.6 is 11.8 Å². The van der Waals surface area contributed by atoms with Crippen LogP contribution in [0.1, 0.15) is 33.3 Å². The van der Waals surface area contributed by atoms with E-state index in [0.717, 1.165) is 26.3 Å². The molecule has 2 amide bonds. The molecule has 9 heteroatoms. The molecule has 3 aromatic carbocycles. The van der Waals surface area contributed by atoms with E-state index >= 15 is 0 Å². The molecule has 0 aliphatic heterocycles. The van der Waals surface area contributed by atoms with Crippen molar-refractivity contribution in [1.82, 2.24) is 9.88 Å². The molecule has 4 rings (SSSR count). The minimum Gasteiger partial charge on any atom is -0.444 e. The molecule has 0 aliphatic rings. The van der Waals surface area contributed by atoms with Gasteiger partial charge in [0.15, 0.2) is 0 Å². The number of para-hydroxylation sites is 1. The fourth-order valence-corrected chi connectivity index (χ4v) is 5.11. The van der Waals surface area contributed by atoms with Crippen LogP contribution < -0.4 is 16.2 Å². The zero-order chi connectivity index (χ0) is 29.6. The first kappa shape index (κ1) is 29.9. The number of carbonyl (C=O) groups excluding carboxylic acids is 2. The van der Waals surface area contributed by atoms with Gasteiger partial charge in [-0.1, -0.05) is 60.3 Å². The SMILES string of the molecule is C[C@H](OCc1ccccc1)[C@@H](NC(=O)OC(C)(C)C)C(=O)Nc1ccc(Sc2cc(=O)n(C)c3ccccc23)cc1. The first-order chi connectivity index (χ1) is 19.5. The van der Waals surface area contributed by atoms with Gasteiger partial charge in [0.2, 0.25) is 5.91 Å². The van der Waals surface area contributed by atoms with E-state index in [1.807, 2.05) is 66.7 Å². The van der Waals surface area contributed by atoms with Crippen molar-refractivity contribution in [2.45, 2.75) is 61.8 Å². The minimum absolute atomic E-state index is 0.0813. The van der Waals surface area contributed by atoms with Crippen LogP contribution in [-0.4, -0.2) is 34.3 Å². The van der Waals surface area contributed by atoms with Gasteiger partial charge in [-0.05, 0) is 63.6 Å². The second-order valence-electron chi connectivity index (χ2n) is 10.7. The van der Waals surface area contributed by atoms with E-state index in [4.69, 9.17) is 9.47 Å². The topological polar surface area (TPSA) is 98.7 Å². The Balaban J connectivity index is 1.47. The molecule has 2 N–H and O–H groups in total. The number of aryl methyl sites for hydroxylation is 1. The van der Waals surface area contributed by atoms with Gasteiger partial charge in [0.05, 0.1) is 18.2 Å². The van der Waals surface area contributed by atoms with Gasteiger partial charge in [0.25, 0.3) is 5.56 Å². The molecule has 0 saturated heterocycles. The molecule has 0 spiro atoms. The van der Waals surface area contributed by atoms with Gasteiger partial charge in [-0.15, -0.1) is 0 Å². The van der Waals surface area contributed by atoms with Crippen molar-refractivity contribution in [3.63, 3.8) is 0 Å². The van der Waals surface area contributed by atoms with Crippen molar-refractivity contribution in [3.8, 4) is 0 Å². The number of hydrogen-bond donors (Lipinski definition) is 2. The van der Waals surface area contributed by atoms with Crippen LogP contribution in [0, 0.1) is 0 Å². The summed E-state index contributed by atoms with van der Waals surface area (Å²) in [5.41, 5.74) is 1.56. The van der Waals surface area contributed by atoms with Crippen LogP contribution in [0.3, 0.4) is 0 Å². The van der Waals surface area contributed by atoms with Crippen molar-refractivity contribution in [3.05, 3.63) is 101 Å². The Morgan fingerprint density at radius 1 is 0.951 bits per heavy atom. The quantitative estimate of drug-likeness (QED) is 0.250. The zero-order valence-corrected chi connectivity index (χ0v) is 24.7. The molecule has 8 nitrogen and oxygen atoms in total. The monoisotopic (exact) mass is 573 g/mol. The predicted molar refractivity (Wildman–Crippen MR) is 162 cm³/mol. The van der Waals surface area contributed by atoms with Crippen LogP contribution in [-0.2, 0) is 27.9 Å². The molecular weight excluding hydrogens is 538 g/mol. The lowest BCUT2D eigenvalue weighted by Gasteiger charge is -2.27. The number of ether oxygens (including phenoxy) is 2. The molecule has 0 unspecified atom stereocenters. The van der Waals surface area contributed by atoms with Crippen molar-refractivity contribution in [1.29, 1.82) is 0 Å². The van der Waals surface area contributed by atoms with Gasteiger partial charge in [-0.2, -0.15) is 0 Å². The summed E-state index contributed by atoms with van der Waals surface area (Å²) in [7, 11) is 1.76. The molecule has 0 saturated carbocycles. The van der Waals surface area contributed by atoms with Crippen molar-refractivity contribution in [2.24, 2.45) is 7.05 Å². The van der Waals surface area contributed by atoms with Crippen molar-refractivity contribution >= 4 is 40.4 Å². The first-order valence-electron chi connectivity index (χ1n) is 13.3. The van der Waals surface area contributed by atoms with Gasteiger partial charge < -0.3 is 24.7 Å². The summed E-state index contributed by atoms with van der Waals surface area (Å²) in [6, 6.07) is 25.3. The molecule has 0 bridgehead atoms. The molecule has 0 aliphatic carbocycles. The normalized spacial score (nSPS) is 12.9. The summed E-state index contributed by atoms with van der Waals surface area (Å²) in [5.74, 6) is -0.436. The van der Waals surface area contributed by atoms with Crippen LogP contribution in [0.5, 0.6) is 0 Å². The van der Waals surface area contributed by atoms with Gasteiger partial charge in [-0.25, -0.2) is 4.79 Å². The smallest absolute Gasteiger partial charge is 0.408 e. The third-order valence-electron chi connectivity index (χ3n) is 6.25. The third-order valence-corrected chi connectivity index (χ3v) is 7.31. The van der Waals surface area contributed by atoms with Crippen LogP contribution in [0.2, 0.25) is 0 Å².